The first-order chi connectivity index (χ1) is 6.81. The molecule has 3 unspecified atom stereocenters. The lowest BCUT2D eigenvalue weighted by atomic mass is 9.75. The van der Waals surface area contributed by atoms with E-state index in [1.54, 1.807) is 0 Å². The van der Waals surface area contributed by atoms with Crippen molar-refractivity contribution >= 4 is 0 Å². The van der Waals surface area contributed by atoms with Crippen molar-refractivity contribution in [1.29, 1.82) is 0 Å². The van der Waals surface area contributed by atoms with Crippen LogP contribution in [0.15, 0.2) is 0 Å². The van der Waals surface area contributed by atoms with Gasteiger partial charge in [-0.05, 0) is 44.1 Å². The molecule has 1 aliphatic heterocycles. The predicted octanol–water partition coefficient (Wildman–Crippen LogP) is 1.93. The zero-order valence-corrected chi connectivity index (χ0v) is 9.21. The Morgan fingerprint density at radius 2 is 2.14 bits per heavy atom. The zero-order valence-electron chi connectivity index (χ0n) is 9.21. The highest BCUT2D eigenvalue weighted by atomic mass is 16.3. The van der Waals surface area contributed by atoms with E-state index in [2.05, 4.69) is 12.2 Å². The van der Waals surface area contributed by atoms with Crippen LogP contribution in [-0.4, -0.2) is 23.8 Å². The highest BCUT2D eigenvalue weighted by Crippen LogP contribution is 2.33. The average molecular weight is 197 g/mol. The smallest absolute Gasteiger partial charge is 0.0721 e. The van der Waals surface area contributed by atoms with E-state index in [0.717, 1.165) is 12.5 Å². The molecule has 0 aromatic heterocycles. The van der Waals surface area contributed by atoms with Crippen LogP contribution in [0.2, 0.25) is 0 Å². The third-order valence-corrected chi connectivity index (χ3v) is 4.17. The Balaban J connectivity index is 1.83. The monoisotopic (exact) mass is 197 g/mol. The molecule has 0 aromatic rings. The molecule has 0 amide bonds. The van der Waals surface area contributed by atoms with E-state index in [1.165, 1.54) is 38.5 Å². The second-order valence-electron chi connectivity index (χ2n) is 5.04. The molecular formula is C12H23NO. The van der Waals surface area contributed by atoms with Crippen LogP contribution in [0.25, 0.3) is 0 Å². The summed E-state index contributed by atoms with van der Waals surface area (Å²) in [5.74, 6) is 1.44. The van der Waals surface area contributed by atoms with Crippen LogP contribution >= 0.6 is 0 Å². The number of hydrogen-bond donors (Lipinski definition) is 2. The molecule has 2 fully saturated rings. The van der Waals surface area contributed by atoms with E-state index in [-0.39, 0.29) is 6.10 Å². The van der Waals surface area contributed by atoms with Crippen LogP contribution in [0, 0.1) is 11.8 Å². The molecule has 0 aromatic carbocycles. The fourth-order valence-electron chi connectivity index (χ4n) is 2.77. The lowest BCUT2D eigenvalue weighted by Gasteiger charge is -2.39. The van der Waals surface area contributed by atoms with Crippen LogP contribution in [-0.2, 0) is 0 Å². The number of hydrogen-bond acceptors (Lipinski definition) is 2. The number of rotatable bonds is 3. The van der Waals surface area contributed by atoms with Crippen molar-refractivity contribution in [2.24, 2.45) is 11.8 Å². The Bertz CT molecular complexity index is 179. The van der Waals surface area contributed by atoms with Gasteiger partial charge >= 0.3 is 0 Å². The number of piperidine rings is 1. The van der Waals surface area contributed by atoms with Gasteiger partial charge in [0.1, 0.15) is 0 Å². The van der Waals surface area contributed by atoms with Crippen molar-refractivity contribution in [3.8, 4) is 0 Å². The van der Waals surface area contributed by atoms with Crippen LogP contribution in [0.5, 0.6) is 0 Å². The van der Waals surface area contributed by atoms with Gasteiger partial charge in [-0.3, -0.25) is 0 Å². The molecule has 1 aliphatic carbocycles. The molecule has 2 rings (SSSR count). The van der Waals surface area contributed by atoms with Crippen LogP contribution in [0.1, 0.15) is 45.4 Å². The van der Waals surface area contributed by atoms with Gasteiger partial charge in [-0.25, -0.2) is 0 Å². The molecule has 14 heavy (non-hydrogen) atoms. The van der Waals surface area contributed by atoms with Gasteiger partial charge in [-0.15, -0.1) is 0 Å². The standard InChI is InChI=1S/C12H23NO/c1-2-9-6-7-13-11(8-9)12(14)10-4-3-5-10/h9-14H,2-8H2,1H3. The van der Waals surface area contributed by atoms with Gasteiger partial charge in [0.05, 0.1) is 6.10 Å². The van der Waals surface area contributed by atoms with Crippen molar-refractivity contribution in [2.45, 2.75) is 57.6 Å². The summed E-state index contributed by atoms with van der Waals surface area (Å²) in [5.41, 5.74) is 0. The van der Waals surface area contributed by atoms with Crippen molar-refractivity contribution in [2.75, 3.05) is 6.54 Å². The summed E-state index contributed by atoms with van der Waals surface area (Å²) in [6.45, 7) is 3.37. The normalized spacial score (nSPS) is 36.4. The van der Waals surface area contributed by atoms with E-state index >= 15 is 0 Å². The van der Waals surface area contributed by atoms with Crippen LogP contribution in [0.3, 0.4) is 0 Å². The topological polar surface area (TPSA) is 32.3 Å². The fourth-order valence-corrected chi connectivity index (χ4v) is 2.77. The summed E-state index contributed by atoms with van der Waals surface area (Å²) in [6, 6.07) is 0.388. The Morgan fingerprint density at radius 3 is 2.71 bits per heavy atom. The molecule has 2 nitrogen and oxygen atoms in total. The van der Waals surface area contributed by atoms with Crippen molar-refractivity contribution in [1.82, 2.24) is 5.32 Å². The van der Waals surface area contributed by atoms with Crippen molar-refractivity contribution < 1.29 is 5.11 Å². The van der Waals surface area contributed by atoms with Gasteiger partial charge in [0.15, 0.2) is 0 Å². The maximum Gasteiger partial charge on any atom is 0.0721 e. The predicted molar refractivity (Wildman–Crippen MR) is 58.2 cm³/mol. The lowest BCUT2D eigenvalue weighted by Crippen LogP contribution is -2.49. The summed E-state index contributed by atoms with van der Waals surface area (Å²) < 4.78 is 0. The maximum atomic E-state index is 10.1. The van der Waals surface area contributed by atoms with E-state index in [4.69, 9.17) is 0 Å². The van der Waals surface area contributed by atoms with Gasteiger partial charge in [0.2, 0.25) is 0 Å². The molecule has 0 radical (unpaired) electrons. The van der Waals surface area contributed by atoms with E-state index in [9.17, 15) is 5.11 Å². The van der Waals surface area contributed by atoms with E-state index in [1.807, 2.05) is 0 Å². The highest BCUT2D eigenvalue weighted by Gasteiger charge is 2.34. The Morgan fingerprint density at radius 1 is 1.36 bits per heavy atom. The van der Waals surface area contributed by atoms with Crippen molar-refractivity contribution in [3.63, 3.8) is 0 Å². The first kappa shape index (κ1) is 10.4. The molecule has 1 saturated carbocycles. The molecule has 1 saturated heterocycles. The highest BCUT2D eigenvalue weighted by molar-refractivity contribution is 4.89. The third kappa shape index (κ3) is 2.12. The summed E-state index contributed by atoms with van der Waals surface area (Å²) >= 11 is 0. The lowest BCUT2D eigenvalue weighted by molar-refractivity contribution is 0.0158. The third-order valence-electron chi connectivity index (χ3n) is 4.17. The summed E-state index contributed by atoms with van der Waals surface area (Å²) in [5, 5.41) is 13.6. The first-order valence-electron chi connectivity index (χ1n) is 6.22. The molecule has 1 heterocycles. The summed E-state index contributed by atoms with van der Waals surface area (Å²) in [4.78, 5) is 0. The largest absolute Gasteiger partial charge is 0.391 e. The quantitative estimate of drug-likeness (QED) is 0.724. The molecule has 0 bridgehead atoms. The van der Waals surface area contributed by atoms with E-state index in [0.29, 0.717) is 12.0 Å². The van der Waals surface area contributed by atoms with Crippen LogP contribution in [0.4, 0.5) is 0 Å². The van der Waals surface area contributed by atoms with Crippen LogP contribution < -0.4 is 5.32 Å². The van der Waals surface area contributed by atoms with Gasteiger partial charge in [0.25, 0.3) is 0 Å². The fraction of sp³-hybridized carbons (Fsp3) is 1.00. The maximum absolute atomic E-state index is 10.1. The molecular weight excluding hydrogens is 174 g/mol. The second-order valence-corrected chi connectivity index (χ2v) is 5.04. The minimum absolute atomic E-state index is 0.0712. The van der Waals surface area contributed by atoms with Crippen molar-refractivity contribution in [3.05, 3.63) is 0 Å². The molecule has 0 spiro atoms. The Hall–Kier alpha value is -0.0800. The Kier molecular flexibility index (Phi) is 3.45. The Labute approximate surface area is 87.1 Å². The van der Waals surface area contributed by atoms with E-state index < -0.39 is 0 Å². The molecule has 2 heteroatoms. The minimum Gasteiger partial charge on any atom is -0.391 e. The van der Waals surface area contributed by atoms with Gasteiger partial charge < -0.3 is 10.4 Å². The number of nitrogens with one attached hydrogen (secondary N) is 1. The summed E-state index contributed by atoms with van der Waals surface area (Å²) in [7, 11) is 0. The number of aliphatic hydroxyl groups is 1. The van der Waals surface area contributed by atoms with Gasteiger partial charge in [0, 0.05) is 6.04 Å². The molecule has 3 atom stereocenters. The van der Waals surface area contributed by atoms with Gasteiger partial charge in [-0.2, -0.15) is 0 Å². The number of aliphatic hydroxyl groups excluding tert-OH is 1. The molecule has 82 valence electrons. The SMILES string of the molecule is CCC1CCNC(C(O)C2CCC2)C1. The molecule has 2 N–H and O–H groups in total. The first-order valence-corrected chi connectivity index (χ1v) is 6.22. The van der Waals surface area contributed by atoms with Gasteiger partial charge in [-0.1, -0.05) is 19.8 Å². The minimum atomic E-state index is -0.0712. The second kappa shape index (κ2) is 4.63. The summed E-state index contributed by atoms with van der Waals surface area (Å²) in [6.07, 6.45) is 7.50. The average Bonchev–Trinajstić information content (AvgIpc) is 2.15. The zero-order chi connectivity index (χ0) is 9.97. The molecule has 2 aliphatic rings.